The number of halogens is 1. The lowest BCUT2D eigenvalue weighted by atomic mass is 9.97. The number of nitrogens with two attached hydrogens (primary N) is 3. The number of likely N-dealkylation sites (tertiary alicyclic amines) is 1. The molecule has 4 unspecified atom stereocenters. The Bertz CT molecular complexity index is 7720. The van der Waals surface area contributed by atoms with Crippen LogP contribution < -0.4 is 33.2 Å². The standard InChI is InChI=1S/C30H31N7O3.C18H18N4O2.C17H16N4O3.C13H17N3O.ClH.S12.S11.S10/c1-17-4-2-6-26(33-17)34-30(40)28-19-7-9-20(12-19)37(28)27(38)16-35-15-23(29(31)39)21-13-18(8-10-24(21)35)22-14-32-36-11-3-5-25(22)36;1-11(23)9-21-10-15(18(19)24)13-7-12(4-5-16(13)21)14-8-20-22-6-2-3-17(14)22;18-17(24)13-8-20(9-16(22)23)14-4-3-10(6-11(13)14)12-7-19-21-5-1-2-15(12)21;1-8-3-2-4-11(14-8)16-13(17)12-9-5-6-10(7-9)15-12;;1-3-5-7-9-11-12-10-8-6-4-2;1-3-5-7-9-11-10-8-6-4-2;1-3-5-7-9-10-8-6-4-2/h2,4,6,8,10,13-15,19-20,28H,3,5,7,9,11-12,16H2,1H3,(H2,31,39)(H,33,34,40);4-5,7-8,10H,2-3,6,9H2,1H3,(H2,19,24);3-4,6-8H,1-2,5,9H2,(H2,18,24)(H,22,23);2-4,9-10,12,15H,5-7H2,1H3,(H,14,16,17);1H;;;/t19?,20?,28-;;;9?,10?,12-;;;;/m0..0..../s1. The first kappa shape index (κ1) is 115. The molecule has 18 rings (SSSR count). The van der Waals surface area contributed by atoms with Crippen molar-refractivity contribution in [2.45, 2.75) is 161 Å². The molecule has 6 amide bonds. The van der Waals surface area contributed by atoms with Crippen molar-refractivity contribution in [2.24, 2.45) is 29.0 Å². The molecule has 2 saturated heterocycles. The fourth-order valence-electron chi connectivity index (χ4n) is 17.2. The first-order valence-electron chi connectivity index (χ1n) is 40.9. The van der Waals surface area contributed by atoms with Crippen molar-refractivity contribution in [2.75, 3.05) is 10.6 Å². The van der Waals surface area contributed by atoms with Gasteiger partial charge in [0, 0.05) is 435 Å². The number of fused-ring (bicyclic) bond motifs is 10. The molecule has 8 aromatic heterocycles. The SMILES string of the molecule is CC(=O)Cn1cc(C(N)=O)c2cc(-c3cnn4c3CCC4)ccc21.Cc1cccc(NC(=O)[C@@H]2C3CCC(C3)N2C(=O)Cn2cc(C(N)=O)c3cc(-c4cnn5c4CCC5)ccc32)n1.Cc1cccc(NC(=O)[C@H]2NC3CCC2C3)n1.Cl.NC(=O)c1cn(CC(=O)O)c2ccc(-c3cnn4c3CCC4)cc12.S=S=S=S=S=S=S=S=S=S.S=S=S=S=S=S=S=S=S=S=S.S=S=S=S=S=S=S=S=S=S=S=S. The van der Waals surface area contributed by atoms with E-state index in [4.69, 9.17) is 22.3 Å². The predicted molar refractivity (Wildman–Crippen MR) is 644 cm³/mol. The van der Waals surface area contributed by atoms with E-state index in [1.54, 1.807) is 219 Å². The quantitative estimate of drug-likeness (QED) is 0.0474. The number of aliphatic carboxylic acids is 1. The minimum atomic E-state index is -0.971. The second-order valence-electron chi connectivity index (χ2n) is 30.4. The molecule has 0 radical (unpaired) electrons. The number of hydrogen-bond donors (Lipinski definition) is 7. The number of amides is 6. The lowest BCUT2D eigenvalue weighted by Gasteiger charge is -2.34. The number of benzene rings is 3. The number of carboxylic acid groups (broad SMARTS) is 1. The molecule has 27 nitrogen and oxygen atoms in total. The summed E-state index contributed by atoms with van der Waals surface area (Å²) >= 11 is 28.0. The van der Waals surface area contributed by atoms with Gasteiger partial charge in [0.15, 0.2) is 0 Å². The number of ketones is 1. The molecule has 11 aromatic rings. The Morgan fingerprint density at radius 1 is 0.439 bits per heavy atom. The average molecular weight is 2510 g/mol. The fraction of sp³-hybridized carbons (Fsp3) is 0.346. The van der Waals surface area contributed by atoms with Gasteiger partial charge in [-0.3, -0.25) is 52.4 Å². The van der Waals surface area contributed by atoms with Crippen molar-refractivity contribution in [1.29, 1.82) is 0 Å². The highest BCUT2D eigenvalue weighted by molar-refractivity contribution is 8.76. The number of carbonyl (C=O) groups is 8. The van der Waals surface area contributed by atoms with Crippen LogP contribution in [-0.2, 0) is 389 Å². The van der Waals surface area contributed by atoms with Gasteiger partial charge in [-0.15, -0.1) is 12.4 Å². The number of primary amides is 3. The lowest BCUT2D eigenvalue weighted by Crippen LogP contribution is -2.51. The summed E-state index contributed by atoms with van der Waals surface area (Å²) in [6.07, 6.45) is 22.9. The van der Waals surface area contributed by atoms with Crippen molar-refractivity contribution in [3.63, 3.8) is 0 Å². The molecule has 744 valence electrons. The van der Waals surface area contributed by atoms with Crippen LogP contribution >= 0.6 is 12.4 Å². The number of aromatic nitrogens is 11. The first-order valence-corrected chi connectivity index (χ1v) is 80.9. The summed E-state index contributed by atoms with van der Waals surface area (Å²) in [6, 6.07) is 28.7. The van der Waals surface area contributed by atoms with Crippen LogP contribution in [0.25, 0.3) is 66.1 Å². The van der Waals surface area contributed by atoms with Crippen molar-refractivity contribution >= 4 is 411 Å². The molecule has 10 N–H and O–H groups in total. The number of aryl methyl sites for hydroxylation is 5. The number of rotatable bonds is 16. The number of Topliss-reactive ketones (excluding diaryl/α,β-unsaturated/α-hetero) is 1. The molecule has 7 aliphatic rings. The Balaban J connectivity index is 0.000000164. The van der Waals surface area contributed by atoms with Gasteiger partial charge in [-0.1, -0.05) is 30.3 Å². The third-order valence-corrected chi connectivity index (χ3v) is 75.6. The van der Waals surface area contributed by atoms with Gasteiger partial charge in [-0.05, 0) is 187 Å². The molecule has 5 aliphatic heterocycles. The number of nitrogens with one attached hydrogen (secondary N) is 3. The molecule has 2 aliphatic carbocycles. The minimum absolute atomic E-state index is 0. The third kappa shape index (κ3) is 32.8. The number of anilines is 2. The van der Waals surface area contributed by atoms with E-state index in [1.165, 1.54) is 101 Å². The van der Waals surface area contributed by atoms with Crippen LogP contribution in [-0.4, -0.2) is 134 Å². The van der Waals surface area contributed by atoms with E-state index < -0.39 is 29.7 Å². The molecule has 0 spiro atoms. The lowest BCUT2D eigenvalue weighted by molar-refractivity contribution is -0.141. The van der Waals surface area contributed by atoms with E-state index in [2.05, 4.69) is 108 Å². The van der Waals surface area contributed by atoms with Gasteiger partial charge >= 0.3 is 5.97 Å². The zero-order valence-electron chi connectivity index (χ0n) is 72.5. The van der Waals surface area contributed by atoms with Crippen LogP contribution in [0.3, 0.4) is 0 Å². The van der Waals surface area contributed by atoms with Gasteiger partial charge in [0.05, 0.1) is 47.9 Å². The number of nitrogens with zero attached hydrogens (tertiary/aromatic N) is 12. The van der Waals surface area contributed by atoms with E-state index >= 15 is 0 Å². The number of carboxylic acids is 1. The number of pyridine rings is 2. The molecular weight excluding hydrogens is 2430 g/mol. The van der Waals surface area contributed by atoms with Crippen molar-refractivity contribution in [1.82, 2.24) is 63.2 Å². The predicted octanol–water partition coefficient (Wildman–Crippen LogP) is 8.86. The van der Waals surface area contributed by atoms with Gasteiger partial charge in [-0.25, -0.2) is 9.97 Å². The van der Waals surface area contributed by atoms with Crippen LogP contribution in [0.2, 0.25) is 0 Å². The number of carbonyl (C=O) groups excluding carboxylic acids is 7. The maximum Gasteiger partial charge on any atom is 0.323 e. The zero-order chi connectivity index (χ0) is 98.2. The van der Waals surface area contributed by atoms with Crippen LogP contribution in [0.15, 0.2) is 128 Å². The Morgan fingerprint density at radius 3 is 1.12 bits per heavy atom. The van der Waals surface area contributed by atoms with E-state index in [1.807, 2.05) is 131 Å². The van der Waals surface area contributed by atoms with Crippen LogP contribution in [0.5, 0.6) is 0 Å². The third-order valence-electron chi connectivity index (χ3n) is 22.3. The molecular formula is C78H83ClN18O9S33. The highest BCUT2D eigenvalue weighted by Gasteiger charge is 2.51. The monoisotopic (exact) mass is 2510 g/mol. The molecule has 3 aromatic carbocycles. The van der Waals surface area contributed by atoms with Gasteiger partial charge in [0.1, 0.15) is 36.6 Å². The summed E-state index contributed by atoms with van der Waals surface area (Å²) in [5, 5.41) is 33.7. The topological polar surface area (TPSA) is 368 Å². The van der Waals surface area contributed by atoms with Crippen molar-refractivity contribution < 1.29 is 43.5 Å². The molecule has 13 heterocycles. The molecule has 139 heavy (non-hydrogen) atoms. The number of hydrogen-bond acceptors (Lipinski definition) is 20. The first-order chi connectivity index (χ1) is 66.9. The molecule has 2 saturated carbocycles. The second-order valence-corrected chi connectivity index (χ2v) is 78.2. The van der Waals surface area contributed by atoms with E-state index in [0.717, 1.165) is 145 Å². The van der Waals surface area contributed by atoms with Crippen LogP contribution in [0.4, 0.5) is 11.6 Å². The maximum absolute atomic E-state index is 13.8. The van der Waals surface area contributed by atoms with E-state index in [9.17, 15) is 38.4 Å². The molecule has 6 atom stereocenters. The Labute approximate surface area is 912 Å². The van der Waals surface area contributed by atoms with Crippen molar-refractivity contribution in [3.8, 4) is 33.4 Å². The summed E-state index contributed by atoms with van der Waals surface area (Å²) in [6.45, 7) is 8.15. The average Bonchev–Trinajstić information content (AvgIpc) is 1.57. The van der Waals surface area contributed by atoms with Gasteiger partial charge in [-0.2, -0.15) is 15.3 Å². The number of piperidine rings is 2. The van der Waals surface area contributed by atoms with Crippen LogP contribution in [0.1, 0.15) is 124 Å². The molecule has 61 heteroatoms. The van der Waals surface area contributed by atoms with Crippen molar-refractivity contribution in [3.05, 3.63) is 173 Å². The summed E-state index contributed by atoms with van der Waals surface area (Å²) in [5.74, 6) is -1.03. The van der Waals surface area contributed by atoms with Gasteiger partial charge in [0.2, 0.25) is 17.7 Å². The fourth-order valence-corrected chi connectivity index (χ4v) is 74.8. The summed E-state index contributed by atoms with van der Waals surface area (Å²) < 4.78 is 11.2. The second kappa shape index (κ2) is 59.6. The highest BCUT2D eigenvalue weighted by atomic mass is 35.5. The Morgan fingerprint density at radius 2 is 0.791 bits per heavy atom. The maximum atomic E-state index is 13.8. The zero-order valence-corrected chi connectivity index (χ0v) is 100. The normalized spacial score (nSPS) is 16.1. The van der Waals surface area contributed by atoms with Gasteiger partial charge < -0.3 is 56.9 Å². The minimum Gasteiger partial charge on any atom is -0.480 e. The summed E-state index contributed by atoms with van der Waals surface area (Å²) in [5.41, 5.74) is 31.7. The largest absolute Gasteiger partial charge is 0.480 e. The molecule has 4 fully saturated rings. The smallest absolute Gasteiger partial charge is 0.323 e. The van der Waals surface area contributed by atoms with E-state index in [0.29, 0.717) is 56.6 Å². The summed E-state index contributed by atoms with van der Waals surface area (Å²) in [7, 11) is 43.5. The Kier molecular flexibility index (Phi) is 49.3. The van der Waals surface area contributed by atoms with Crippen LogP contribution in [0, 0.1) is 25.7 Å². The molecule has 4 bridgehead atoms. The highest BCUT2D eigenvalue weighted by Crippen LogP contribution is 2.44. The van der Waals surface area contributed by atoms with Gasteiger partial charge in [0.25, 0.3) is 17.7 Å². The Hall–Kier alpha value is -4.32. The van der Waals surface area contributed by atoms with E-state index in [-0.39, 0.29) is 73.5 Å². The summed E-state index contributed by atoms with van der Waals surface area (Å²) in [4.78, 5) is 108.